The summed E-state index contributed by atoms with van der Waals surface area (Å²) < 4.78 is 1.70. The lowest BCUT2D eigenvalue weighted by molar-refractivity contribution is 0.100. The number of nitrogen functional groups attached to an aromatic ring is 1. The number of aromatic nitrogens is 2. The second kappa shape index (κ2) is 5.99. The maximum atomic E-state index is 12.2. The number of phenolic OH excluding ortho intramolecular Hbond substituents is 1. The number of nitrogens with two attached hydrogens (primary N) is 2. The number of aromatic hydroxyl groups is 1. The molecule has 1 aliphatic heterocycles. The summed E-state index contributed by atoms with van der Waals surface area (Å²) in [4.78, 5) is 12.2. The molecule has 6 N–H and O–H groups in total. The Morgan fingerprint density at radius 1 is 1.30 bits per heavy atom. The third kappa shape index (κ3) is 2.46. The molecule has 0 spiro atoms. The fourth-order valence-electron chi connectivity index (χ4n) is 3.95. The number of phenols is 1. The third-order valence-electron chi connectivity index (χ3n) is 5.50. The van der Waals surface area contributed by atoms with Crippen LogP contribution >= 0.6 is 0 Å². The molecule has 3 heterocycles. The van der Waals surface area contributed by atoms with E-state index in [1.165, 1.54) is 0 Å². The Kier molecular flexibility index (Phi) is 3.85. The molecular weight excluding hydrogens is 342 g/mol. The Hall–Kier alpha value is -3.06. The van der Waals surface area contributed by atoms with Gasteiger partial charge in [-0.05, 0) is 62.6 Å². The summed E-state index contributed by atoms with van der Waals surface area (Å²) in [6.45, 7) is 7.21. The molecule has 0 fully saturated rings. The second-order valence-electron chi connectivity index (χ2n) is 7.17. The lowest BCUT2D eigenvalue weighted by Gasteiger charge is -2.23. The molecule has 3 aromatic rings. The van der Waals surface area contributed by atoms with Crippen molar-refractivity contribution in [3.63, 3.8) is 0 Å². The molecule has 0 saturated heterocycles. The van der Waals surface area contributed by atoms with Crippen molar-refractivity contribution in [2.45, 2.75) is 33.7 Å². The molecule has 1 amide bonds. The van der Waals surface area contributed by atoms with Crippen LogP contribution in [0, 0.1) is 20.8 Å². The van der Waals surface area contributed by atoms with E-state index in [1.54, 1.807) is 10.6 Å². The Morgan fingerprint density at radius 3 is 2.74 bits per heavy atom. The van der Waals surface area contributed by atoms with Gasteiger partial charge < -0.3 is 21.9 Å². The van der Waals surface area contributed by atoms with Gasteiger partial charge in [0.1, 0.15) is 5.75 Å². The number of anilines is 1. The number of amides is 1. The molecule has 1 aromatic carbocycles. The third-order valence-corrected chi connectivity index (χ3v) is 5.50. The molecule has 27 heavy (non-hydrogen) atoms. The van der Waals surface area contributed by atoms with Gasteiger partial charge in [-0.3, -0.25) is 4.79 Å². The summed E-state index contributed by atoms with van der Waals surface area (Å²) >= 11 is 0. The number of primary amides is 1. The predicted octanol–water partition coefficient (Wildman–Crippen LogP) is 1.96. The first-order valence-corrected chi connectivity index (χ1v) is 8.94. The summed E-state index contributed by atoms with van der Waals surface area (Å²) in [5.41, 5.74) is 19.4. The summed E-state index contributed by atoms with van der Waals surface area (Å²) in [6.07, 6.45) is 0.801. The monoisotopic (exact) mass is 365 g/mol. The molecule has 0 atom stereocenters. The van der Waals surface area contributed by atoms with Crippen LogP contribution in [0.2, 0.25) is 0 Å². The van der Waals surface area contributed by atoms with Crippen LogP contribution < -0.4 is 16.8 Å². The average Bonchev–Trinajstić information content (AvgIpc) is 2.88. The lowest BCUT2D eigenvalue weighted by atomic mass is 9.89. The van der Waals surface area contributed by atoms with E-state index in [0.717, 1.165) is 46.5 Å². The van der Waals surface area contributed by atoms with E-state index in [1.807, 2.05) is 26.8 Å². The summed E-state index contributed by atoms with van der Waals surface area (Å²) in [5.74, 6) is -0.388. The lowest BCUT2D eigenvalue weighted by Crippen LogP contribution is -2.24. The zero-order chi connectivity index (χ0) is 19.5. The predicted molar refractivity (Wildman–Crippen MR) is 105 cm³/mol. The van der Waals surface area contributed by atoms with Gasteiger partial charge in [0.25, 0.3) is 5.91 Å². The summed E-state index contributed by atoms with van der Waals surface area (Å²) in [6, 6.07) is 3.68. The highest BCUT2D eigenvalue weighted by Crippen LogP contribution is 2.42. The maximum Gasteiger partial charge on any atom is 0.253 e. The molecule has 140 valence electrons. The topological polar surface area (TPSA) is 119 Å². The Morgan fingerprint density at radius 2 is 2.04 bits per heavy atom. The number of carbonyl (C=O) groups excluding carboxylic acids is 1. The number of benzene rings is 1. The van der Waals surface area contributed by atoms with Gasteiger partial charge >= 0.3 is 0 Å². The highest BCUT2D eigenvalue weighted by molar-refractivity contribution is 6.09. The van der Waals surface area contributed by atoms with Gasteiger partial charge in [0.05, 0.1) is 28.2 Å². The van der Waals surface area contributed by atoms with Crippen molar-refractivity contribution in [3.05, 3.63) is 45.6 Å². The van der Waals surface area contributed by atoms with Gasteiger partial charge in [-0.2, -0.15) is 5.10 Å². The largest absolute Gasteiger partial charge is 0.508 e. The quantitative estimate of drug-likeness (QED) is 0.553. The molecule has 4 rings (SSSR count). The molecule has 0 aliphatic carbocycles. The average molecular weight is 365 g/mol. The standard InChI is InChI=1S/C20H23N5O2/c1-9-6-14-17(20(22)27)18(21)19(25(14)24-11(9)3)16-10(2)15(26)7-12-8-23-5-4-13(12)16/h6-7,23,26H,4-5,8,21H2,1-3H3,(H2,22,27). The van der Waals surface area contributed by atoms with E-state index in [9.17, 15) is 9.90 Å². The van der Waals surface area contributed by atoms with Crippen molar-refractivity contribution in [3.8, 4) is 17.0 Å². The Balaban J connectivity index is 2.18. The van der Waals surface area contributed by atoms with Crippen LogP contribution in [-0.2, 0) is 13.0 Å². The van der Waals surface area contributed by atoms with Crippen molar-refractivity contribution in [1.82, 2.24) is 14.9 Å². The number of rotatable bonds is 2. The SMILES string of the molecule is Cc1cc2c(C(N)=O)c(N)c(-c3c(C)c(O)cc4c3CCNC4)n2nc1C. The maximum absolute atomic E-state index is 12.2. The first kappa shape index (κ1) is 17.4. The van der Waals surface area contributed by atoms with Crippen molar-refractivity contribution in [2.75, 3.05) is 12.3 Å². The van der Waals surface area contributed by atoms with Gasteiger partial charge in [-0.15, -0.1) is 0 Å². The minimum Gasteiger partial charge on any atom is -0.508 e. The fourth-order valence-corrected chi connectivity index (χ4v) is 3.95. The highest BCUT2D eigenvalue weighted by atomic mass is 16.3. The van der Waals surface area contributed by atoms with Crippen LogP contribution in [0.5, 0.6) is 5.75 Å². The van der Waals surface area contributed by atoms with Crippen LogP contribution in [0.3, 0.4) is 0 Å². The van der Waals surface area contributed by atoms with Crippen molar-refractivity contribution in [2.24, 2.45) is 5.73 Å². The van der Waals surface area contributed by atoms with E-state index < -0.39 is 5.91 Å². The number of hydrogen-bond acceptors (Lipinski definition) is 5. The van der Waals surface area contributed by atoms with Crippen LogP contribution in [0.25, 0.3) is 16.8 Å². The van der Waals surface area contributed by atoms with Crippen LogP contribution in [0.1, 0.15) is 38.3 Å². The van der Waals surface area contributed by atoms with Crippen LogP contribution in [0.4, 0.5) is 5.69 Å². The number of nitrogens with one attached hydrogen (secondary N) is 1. The molecule has 7 nitrogen and oxygen atoms in total. The number of carbonyl (C=O) groups is 1. The molecule has 7 heteroatoms. The Labute approximate surface area is 157 Å². The molecule has 2 aromatic heterocycles. The van der Waals surface area contributed by atoms with Crippen LogP contribution in [0.15, 0.2) is 12.1 Å². The molecule has 0 unspecified atom stereocenters. The number of fused-ring (bicyclic) bond motifs is 2. The van der Waals surface area contributed by atoms with E-state index in [0.29, 0.717) is 23.4 Å². The first-order chi connectivity index (χ1) is 12.8. The highest BCUT2D eigenvalue weighted by Gasteiger charge is 2.28. The molecule has 0 radical (unpaired) electrons. The minimum atomic E-state index is -0.588. The van der Waals surface area contributed by atoms with Crippen LogP contribution in [-0.4, -0.2) is 27.2 Å². The van der Waals surface area contributed by atoms with Crippen molar-refractivity contribution in [1.29, 1.82) is 0 Å². The van der Waals surface area contributed by atoms with Crippen molar-refractivity contribution < 1.29 is 9.90 Å². The normalized spacial score (nSPS) is 13.7. The molecule has 0 bridgehead atoms. The summed E-state index contributed by atoms with van der Waals surface area (Å²) in [7, 11) is 0. The van der Waals surface area contributed by atoms with E-state index >= 15 is 0 Å². The van der Waals surface area contributed by atoms with E-state index in [2.05, 4.69) is 10.4 Å². The fraction of sp³-hybridized carbons (Fsp3) is 0.300. The number of nitrogens with zero attached hydrogens (tertiary/aromatic N) is 2. The van der Waals surface area contributed by atoms with Gasteiger partial charge in [0, 0.05) is 17.7 Å². The van der Waals surface area contributed by atoms with Gasteiger partial charge in [0.2, 0.25) is 0 Å². The Bertz CT molecular complexity index is 1110. The van der Waals surface area contributed by atoms with E-state index in [-0.39, 0.29) is 11.3 Å². The molecule has 1 aliphatic rings. The minimum absolute atomic E-state index is 0.200. The zero-order valence-electron chi connectivity index (χ0n) is 15.7. The zero-order valence-corrected chi connectivity index (χ0v) is 15.7. The van der Waals surface area contributed by atoms with Gasteiger partial charge in [0.15, 0.2) is 0 Å². The van der Waals surface area contributed by atoms with Gasteiger partial charge in [-0.25, -0.2) is 4.52 Å². The summed E-state index contributed by atoms with van der Waals surface area (Å²) in [5, 5.41) is 18.5. The number of hydrogen-bond donors (Lipinski definition) is 4. The second-order valence-corrected chi connectivity index (χ2v) is 7.17. The van der Waals surface area contributed by atoms with Gasteiger partial charge in [-0.1, -0.05) is 0 Å². The number of aryl methyl sites for hydroxylation is 2. The van der Waals surface area contributed by atoms with E-state index in [4.69, 9.17) is 11.5 Å². The molecular formula is C20H23N5O2. The van der Waals surface area contributed by atoms with Crippen molar-refractivity contribution >= 4 is 17.1 Å². The first-order valence-electron chi connectivity index (χ1n) is 8.94. The molecule has 0 saturated carbocycles. The smallest absolute Gasteiger partial charge is 0.253 e.